The predicted octanol–water partition coefficient (Wildman–Crippen LogP) is 14.0. The fraction of sp³-hybridized carbons (Fsp3) is 0. The van der Waals surface area contributed by atoms with Crippen LogP contribution in [0.4, 0.5) is 17.1 Å². The highest BCUT2D eigenvalue weighted by Gasteiger charge is 2.19. The molecule has 0 radical (unpaired) electrons. The highest BCUT2D eigenvalue weighted by Crippen LogP contribution is 2.43. The highest BCUT2D eigenvalue weighted by atomic mass is 32.1. The third-order valence-electron chi connectivity index (χ3n) is 10.1. The van der Waals surface area contributed by atoms with E-state index in [1.165, 1.54) is 31.5 Å². The van der Waals surface area contributed by atoms with Gasteiger partial charge in [0, 0.05) is 53.9 Å². The highest BCUT2D eigenvalue weighted by molar-refractivity contribution is 7.26. The fourth-order valence-corrected chi connectivity index (χ4v) is 8.55. The Morgan fingerprint density at radius 1 is 0.321 bits per heavy atom. The maximum Gasteiger partial charge on any atom is 0.164 e. The number of rotatable bonds is 8. The first-order valence-electron chi connectivity index (χ1n) is 18.7. The first-order chi connectivity index (χ1) is 27.7. The topological polar surface area (TPSA) is 41.9 Å². The maximum atomic E-state index is 5.17. The van der Waals surface area contributed by atoms with Crippen molar-refractivity contribution in [2.24, 2.45) is 0 Å². The van der Waals surface area contributed by atoms with Gasteiger partial charge < -0.3 is 4.90 Å². The molecule has 5 heteroatoms. The van der Waals surface area contributed by atoms with Crippen molar-refractivity contribution in [2.75, 3.05) is 4.90 Å². The van der Waals surface area contributed by atoms with Gasteiger partial charge in [-0.3, -0.25) is 0 Å². The Labute approximate surface area is 329 Å². The van der Waals surface area contributed by atoms with Gasteiger partial charge in [-0.1, -0.05) is 164 Å². The Kier molecular flexibility index (Phi) is 8.67. The standard InChI is InChI=1S/C51H34N4S/c1-5-14-35(15-6-1)37-24-26-40(27-25-37)50-52-49(39-18-9-3-10-19-39)53-51(54-50)45-22-13-23-46-48(45)44-33-32-43(34-47(44)56-46)55(41-20-11-4-12-21-41)42-30-28-38(29-31-42)36-16-7-2-8-17-36/h1-34H. The molecule has 4 nitrogen and oxygen atoms in total. The summed E-state index contributed by atoms with van der Waals surface area (Å²) in [6.45, 7) is 0. The summed E-state index contributed by atoms with van der Waals surface area (Å²) < 4.78 is 2.38. The molecule has 0 saturated carbocycles. The molecule has 10 aromatic rings. The zero-order valence-corrected chi connectivity index (χ0v) is 31.1. The van der Waals surface area contributed by atoms with E-state index in [1.807, 2.05) is 24.3 Å². The first kappa shape index (κ1) is 33.4. The van der Waals surface area contributed by atoms with Gasteiger partial charge in [0.1, 0.15) is 0 Å². The van der Waals surface area contributed by atoms with E-state index in [-0.39, 0.29) is 0 Å². The maximum absolute atomic E-state index is 5.17. The van der Waals surface area contributed by atoms with Gasteiger partial charge in [0.25, 0.3) is 0 Å². The third-order valence-corrected chi connectivity index (χ3v) is 11.3. The van der Waals surface area contributed by atoms with Crippen molar-refractivity contribution in [2.45, 2.75) is 0 Å². The molecule has 8 aromatic carbocycles. The van der Waals surface area contributed by atoms with E-state index in [0.29, 0.717) is 17.5 Å². The summed E-state index contributed by atoms with van der Waals surface area (Å²) in [6, 6.07) is 72.2. The zero-order valence-electron chi connectivity index (χ0n) is 30.3. The summed E-state index contributed by atoms with van der Waals surface area (Å²) in [5.41, 5.74) is 10.9. The van der Waals surface area contributed by atoms with Crippen molar-refractivity contribution >= 4 is 48.6 Å². The Morgan fingerprint density at radius 2 is 0.768 bits per heavy atom. The van der Waals surface area contributed by atoms with Crippen molar-refractivity contribution in [3.63, 3.8) is 0 Å². The lowest BCUT2D eigenvalue weighted by Crippen LogP contribution is -2.09. The Hall–Kier alpha value is -7.21. The van der Waals surface area contributed by atoms with Crippen LogP contribution in [-0.2, 0) is 0 Å². The summed E-state index contributed by atoms with van der Waals surface area (Å²) in [6.07, 6.45) is 0. The molecule has 0 aliphatic heterocycles. The molecule has 0 atom stereocenters. The van der Waals surface area contributed by atoms with E-state index in [2.05, 4.69) is 187 Å². The molecule has 0 unspecified atom stereocenters. The second kappa shape index (κ2) is 14.6. The minimum atomic E-state index is 0.643. The molecule has 0 fully saturated rings. The van der Waals surface area contributed by atoms with Crippen molar-refractivity contribution in [3.8, 4) is 56.4 Å². The monoisotopic (exact) mass is 734 g/mol. The number of benzene rings is 8. The number of nitrogens with zero attached hydrogens (tertiary/aromatic N) is 4. The van der Waals surface area contributed by atoms with Crippen LogP contribution >= 0.6 is 11.3 Å². The van der Waals surface area contributed by atoms with Crippen LogP contribution in [0.3, 0.4) is 0 Å². The van der Waals surface area contributed by atoms with Gasteiger partial charge in [-0.25, -0.2) is 15.0 Å². The SMILES string of the molecule is c1ccc(-c2ccc(-c3nc(-c4ccccc4)nc(-c4cccc5sc6cc(N(c7ccccc7)c7ccc(-c8ccccc8)cc7)ccc6c45)n3)cc2)cc1. The molecule has 10 rings (SSSR count). The summed E-state index contributed by atoms with van der Waals surface area (Å²) in [7, 11) is 0. The van der Waals surface area contributed by atoms with Crippen LogP contribution in [0.15, 0.2) is 206 Å². The molecular formula is C51H34N4S. The first-order valence-corrected chi connectivity index (χ1v) is 19.5. The van der Waals surface area contributed by atoms with E-state index >= 15 is 0 Å². The van der Waals surface area contributed by atoms with Crippen LogP contribution in [0, 0.1) is 0 Å². The van der Waals surface area contributed by atoms with Gasteiger partial charge in [-0.05, 0) is 64.7 Å². The number of anilines is 3. The average Bonchev–Trinajstić information content (AvgIpc) is 3.66. The van der Waals surface area contributed by atoms with E-state index in [9.17, 15) is 0 Å². The minimum absolute atomic E-state index is 0.643. The molecule has 0 bridgehead atoms. The van der Waals surface area contributed by atoms with Gasteiger partial charge in [0.15, 0.2) is 17.5 Å². The van der Waals surface area contributed by atoms with Gasteiger partial charge >= 0.3 is 0 Å². The Bertz CT molecular complexity index is 2930. The summed E-state index contributed by atoms with van der Waals surface area (Å²) in [5, 5.41) is 2.32. The van der Waals surface area contributed by atoms with Crippen LogP contribution in [0.1, 0.15) is 0 Å². The molecule has 264 valence electrons. The lowest BCUT2D eigenvalue weighted by atomic mass is 10.0. The number of para-hydroxylation sites is 1. The van der Waals surface area contributed by atoms with Crippen LogP contribution in [0.5, 0.6) is 0 Å². The Morgan fingerprint density at radius 3 is 1.38 bits per heavy atom. The van der Waals surface area contributed by atoms with Gasteiger partial charge in [0.2, 0.25) is 0 Å². The normalized spacial score (nSPS) is 11.2. The van der Waals surface area contributed by atoms with Crippen molar-refractivity contribution in [1.29, 1.82) is 0 Å². The predicted molar refractivity (Wildman–Crippen MR) is 235 cm³/mol. The molecule has 0 amide bonds. The zero-order chi connectivity index (χ0) is 37.3. The second-order valence-electron chi connectivity index (χ2n) is 13.7. The molecule has 0 saturated heterocycles. The minimum Gasteiger partial charge on any atom is -0.310 e. The van der Waals surface area contributed by atoms with Crippen LogP contribution < -0.4 is 4.90 Å². The van der Waals surface area contributed by atoms with Gasteiger partial charge in [0.05, 0.1) is 0 Å². The van der Waals surface area contributed by atoms with Gasteiger partial charge in [-0.2, -0.15) is 0 Å². The largest absolute Gasteiger partial charge is 0.310 e. The average molecular weight is 735 g/mol. The summed E-state index contributed by atoms with van der Waals surface area (Å²) in [5.74, 6) is 1.94. The number of hydrogen-bond acceptors (Lipinski definition) is 5. The summed E-state index contributed by atoms with van der Waals surface area (Å²) in [4.78, 5) is 17.6. The molecule has 0 spiro atoms. The van der Waals surface area contributed by atoms with Crippen LogP contribution in [0.25, 0.3) is 76.6 Å². The van der Waals surface area contributed by atoms with E-state index in [1.54, 1.807) is 11.3 Å². The molecule has 0 N–H and O–H groups in total. The fourth-order valence-electron chi connectivity index (χ4n) is 7.38. The molecule has 2 aromatic heterocycles. The molecule has 0 aliphatic rings. The smallest absolute Gasteiger partial charge is 0.164 e. The molecule has 56 heavy (non-hydrogen) atoms. The second-order valence-corrected chi connectivity index (χ2v) is 14.7. The third kappa shape index (κ3) is 6.40. The number of aromatic nitrogens is 3. The van der Waals surface area contributed by atoms with Crippen molar-refractivity contribution in [3.05, 3.63) is 206 Å². The van der Waals surface area contributed by atoms with Crippen LogP contribution in [-0.4, -0.2) is 15.0 Å². The number of fused-ring (bicyclic) bond motifs is 3. The molecule has 0 aliphatic carbocycles. The number of thiophene rings is 1. The van der Waals surface area contributed by atoms with Crippen molar-refractivity contribution in [1.82, 2.24) is 15.0 Å². The number of hydrogen-bond donors (Lipinski definition) is 0. The van der Waals surface area contributed by atoms with Crippen LogP contribution in [0.2, 0.25) is 0 Å². The lowest BCUT2D eigenvalue weighted by molar-refractivity contribution is 1.08. The molecular weight excluding hydrogens is 701 g/mol. The lowest BCUT2D eigenvalue weighted by Gasteiger charge is -2.25. The van der Waals surface area contributed by atoms with Gasteiger partial charge in [-0.15, -0.1) is 11.3 Å². The quantitative estimate of drug-likeness (QED) is 0.156. The Balaban J connectivity index is 1.08. The van der Waals surface area contributed by atoms with E-state index in [0.717, 1.165) is 44.7 Å². The van der Waals surface area contributed by atoms with E-state index < -0.39 is 0 Å². The molecule has 2 heterocycles. The summed E-state index contributed by atoms with van der Waals surface area (Å²) >= 11 is 1.79. The van der Waals surface area contributed by atoms with E-state index in [4.69, 9.17) is 15.0 Å². The van der Waals surface area contributed by atoms with Crippen molar-refractivity contribution < 1.29 is 0 Å².